The third-order valence-electron chi connectivity index (χ3n) is 5.54. The Labute approximate surface area is 197 Å². The molecule has 2 heterocycles. The summed E-state index contributed by atoms with van der Waals surface area (Å²) in [7, 11) is -2.13. The Balaban J connectivity index is 1.44. The van der Waals surface area contributed by atoms with Crippen LogP contribution in [0.1, 0.15) is 20.9 Å². The number of rotatable bonds is 6. The highest BCUT2D eigenvalue weighted by Gasteiger charge is 2.27. The molecule has 0 spiro atoms. The molecule has 0 aliphatic carbocycles. The van der Waals surface area contributed by atoms with E-state index in [4.69, 9.17) is 4.74 Å². The number of benzene rings is 2. The lowest BCUT2D eigenvalue weighted by atomic mass is 10.2. The van der Waals surface area contributed by atoms with Crippen LogP contribution in [0.3, 0.4) is 0 Å². The van der Waals surface area contributed by atoms with Crippen LogP contribution in [0.25, 0.3) is 0 Å². The van der Waals surface area contributed by atoms with Crippen molar-refractivity contribution in [1.82, 2.24) is 9.88 Å². The van der Waals surface area contributed by atoms with Crippen LogP contribution in [-0.2, 0) is 10.0 Å². The number of ether oxygens (including phenoxy) is 1. The van der Waals surface area contributed by atoms with Gasteiger partial charge in [-0.2, -0.15) is 0 Å². The van der Waals surface area contributed by atoms with Crippen molar-refractivity contribution in [2.45, 2.75) is 18.7 Å². The molecule has 0 radical (unpaired) electrons. The molecule has 1 aromatic heterocycles. The maximum atomic E-state index is 13.1. The Hall–Kier alpha value is -3.11. The van der Waals surface area contributed by atoms with E-state index >= 15 is 0 Å². The number of hydrogen-bond donors (Lipinski definition) is 1. The molecule has 3 aromatic rings. The van der Waals surface area contributed by atoms with Gasteiger partial charge in [0.15, 0.2) is 5.13 Å². The molecule has 174 valence electrons. The average Bonchev–Trinajstić information content (AvgIpc) is 3.18. The van der Waals surface area contributed by atoms with Gasteiger partial charge in [-0.15, -0.1) is 0 Å². The van der Waals surface area contributed by atoms with Crippen LogP contribution < -0.4 is 14.4 Å². The Morgan fingerprint density at radius 2 is 1.70 bits per heavy atom. The molecule has 1 amide bonds. The SMILES string of the molecule is COc1ccccc1N1CCN(C(=O)c2sc(NS(=O)(=O)c3ccc(C)cc3)nc2C)CC1. The number of carbonyl (C=O) groups excluding carboxylic acids is 1. The molecule has 1 aliphatic rings. The number of sulfonamides is 1. The van der Waals surface area contributed by atoms with Crippen LogP contribution in [0.5, 0.6) is 5.75 Å². The molecule has 1 fully saturated rings. The van der Waals surface area contributed by atoms with Crippen LogP contribution in [0.4, 0.5) is 10.8 Å². The molecule has 1 N–H and O–H groups in total. The zero-order chi connectivity index (χ0) is 23.6. The smallest absolute Gasteiger partial charge is 0.266 e. The van der Waals surface area contributed by atoms with Gasteiger partial charge < -0.3 is 14.5 Å². The Bertz CT molecular complexity index is 1250. The number of aryl methyl sites for hydroxylation is 2. The third-order valence-corrected chi connectivity index (χ3v) is 8.08. The molecule has 0 saturated carbocycles. The van der Waals surface area contributed by atoms with Crippen LogP contribution in [0, 0.1) is 13.8 Å². The summed E-state index contributed by atoms with van der Waals surface area (Å²) in [6.07, 6.45) is 0. The number of amides is 1. The number of carbonyl (C=O) groups is 1. The van der Waals surface area contributed by atoms with E-state index in [9.17, 15) is 13.2 Å². The fraction of sp³-hybridized carbons (Fsp3) is 0.304. The number of thiazole rings is 1. The number of anilines is 2. The van der Waals surface area contributed by atoms with Gasteiger partial charge in [0.25, 0.3) is 15.9 Å². The first-order chi connectivity index (χ1) is 15.8. The Morgan fingerprint density at radius 3 is 2.36 bits per heavy atom. The molecule has 2 aromatic carbocycles. The summed E-state index contributed by atoms with van der Waals surface area (Å²) in [5, 5.41) is 0.184. The van der Waals surface area contributed by atoms with Gasteiger partial charge in [0.1, 0.15) is 10.6 Å². The second-order valence-corrected chi connectivity index (χ2v) is 10.5. The zero-order valence-corrected chi connectivity index (χ0v) is 20.4. The number of nitrogens with zero attached hydrogens (tertiary/aromatic N) is 3. The number of piperazine rings is 1. The first kappa shape index (κ1) is 23.1. The summed E-state index contributed by atoms with van der Waals surface area (Å²) < 4.78 is 33.3. The molecule has 0 bridgehead atoms. The summed E-state index contributed by atoms with van der Waals surface area (Å²) in [5.74, 6) is 0.673. The Morgan fingerprint density at radius 1 is 1.03 bits per heavy atom. The van der Waals surface area contributed by atoms with Crippen LogP contribution >= 0.6 is 11.3 Å². The van der Waals surface area contributed by atoms with Gasteiger partial charge in [-0.1, -0.05) is 41.2 Å². The predicted octanol–water partition coefficient (Wildman–Crippen LogP) is 3.53. The molecule has 0 atom stereocenters. The van der Waals surface area contributed by atoms with Crippen LogP contribution in [-0.4, -0.2) is 57.5 Å². The van der Waals surface area contributed by atoms with E-state index in [1.807, 2.05) is 31.2 Å². The van der Waals surface area contributed by atoms with Gasteiger partial charge in [0.2, 0.25) is 0 Å². The highest BCUT2D eigenvalue weighted by Crippen LogP contribution is 2.30. The largest absolute Gasteiger partial charge is 0.495 e. The van der Waals surface area contributed by atoms with Crippen LogP contribution in [0.2, 0.25) is 0 Å². The highest BCUT2D eigenvalue weighted by atomic mass is 32.2. The summed E-state index contributed by atoms with van der Waals surface area (Å²) in [4.78, 5) is 22.0. The summed E-state index contributed by atoms with van der Waals surface area (Å²) in [6, 6.07) is 14.4. The van der Waals surface area contributed by atoms with Gasteiger partial charge in [-0.25, -0.2) is 13.4 Å². The molecule has 0 unspecified atom stereocenters. The summed E-state index contributed by atoms with van der Waals surface area (Å²) >= 11 is 1.06. The maximum Gasteiger partial charge on any atom is 0.266 e. The first-order valence-electron chi connectivity index (χ1n) is 10.5. The first-order valence-corrected chi connectivity index (χ1v) is 12.8. The summed E-state index contributed by atoms with van der Waals surface area (Å²) in [5.41, 5.74) is 2.49. The van der Waals surface area contributed by atoms with E-state index in [0.717, 1.165) is 28.3 Å². The van der Waals surface area contributed by atoms with Crippen molar-refractivity contribution < 1.29 is 17.9 Å². The molecule has 33 heavy (non-hydrogen) atoms. The lowest BCUT2D eigenvalue weighted by molar-refractivity contribution is 0.0750. The highest BCUT2D eigenvalue weighted by molar-refractivity contribution is 7.93. The fourth-order valence-corrected chi connectivity index (χ4v) is 5.88. The van der Waals surface area contributed by atoms with Gasteiger partial charge in [-0.3, -0.25) is 9.52 Å². The lowest BCUT2D eigenvalue weighted by Crippen LogP contribution is -2.48. The Kier molecular flexibility index (Phi) is 6.57. The number of aromatic nitrogens is 1. The zero-order valence-electron chi connectivity index (χ0n) is 18.7. The second-order valence-electron chi connectivity index (χ2n) is 7.80. The molecular formula is C23H26N4O4S2. The van der Waals surface area contributed by atoms with Gasteiger partial charge in [0.05, 0.1) is 23.4 Å². The topological polar surface area (TPSA) is 91.8 Å². The minimum absolute atomic E-state index is 0.134. The molecule has 1 saturated heterocycles. The molecule has 10 heteroatoms. The number of methoxy groups -OCH3 is 1. The average molecular weight is 487 g/mol. The van der Waals surface area contributed by atoms with Crippen molar-refractivity contribution in [3.8, 4) is 5.75 Å². The van der Waals surface area contributed by atoms with Crippen LogP contribution in [0.15, 0.2) is 53.4 Å². The maximum absolute atomic E-state index is 13.1. The standard InChI is InChI=1S/C23H26N4O4S2/c1-16-8-10-18(11-9-16)33(29,30)25-23-24-17(2)21(32-23)22(28)27-14-12-26(13-15-27)19-6-4-5-7-20(19)31-3/h4-11H,12-15H2,1-3H3,(H,24,25). The van der Waals surface area contributed by atoms with E-state index in [1.54, 1.807) is 43.2 Å². The second kappa shape index (κ2) is 9.40. The minimum Gasteiger partial charge on any atom is -0.495 e. The van der Waals surface area contributed by atoms with E-state index in [2.05, 4.69) is 14.6 Å². The number of hydrogen-bond acceptors (Lipinski definition) is 7. The van der Waals surface area contributed by atoms with E-state index < -0.39 is 10.0 Å². The number of para-hydroxylation sites is 2. The predicted molar refractivity (Wildman–Crippen MR) is 130 cm³/mol. The van der Waals surface area contributed by atoms with Crippen molar-refractivity contribution >= 4 is 38.1 Å². The minimum atomic E-state index is -3.77. The lowest BCUT2D eigenvalue weighted by Gasteiger charge is -2.36. The van der Waals surface area contributed by atoms with Gasteiger partial charge in [0, 0.05) is 26.2 Å². The van der Waals surface area contributed by atoms with Crippen molar-refractivity contribution in [2.75, 3.05) is 42.9 Å². The molecule has 8 nitrogen and oxygen atoms in total. The normalized spacial score (nSPS) is 14.3. The van der Waals surface area contributed by atoms with E-state index in [0.29, 0.717) is 36.8 Å². The quantitative estimate of drug-likeness (QED) is 0.573. The van der Waals surface area contributed by atoms with Crippen molar-refractivity contribution in [1.29, 1.82) is 0 Å². The third kappa shape index (κ3) is 4.96. The van der Waals surface area contributed by atoms with Crippen molar-refractivity contribution in [3.63, 3.8) is 0 Å². The molecular weight excluding hydrogens is 460 g/mol. The monoisotopic (exact) mass is 486 g/mol. The fourth-order valence-electron chi connectivity index (χ4n) is 3.71. The number of nitrogens with one attached hydrogen (secondary N) is 1. The van der Waals surface area contributed by atoms with E-state index in [-0.39, 0.29) is 15.9 Å². The van der Waals surface area contributed by atoms with Crippen molar-refractivity contribution in [3.05, 3.63) is 64.7 Å². The summed E-state index contributed by atoms with van der Waals surface area (Å²) in [6.45, 7) is 6.08. The van der Waals surface area contributed by atoms with Gasteiger partial charge >= 0.3 is 0 Å². The van der Waals surface area contributed by atoms with E-state index in [1.165, 1.54) is 0 Å². The molecule has 4 rings (SSSR count). The van der Waals surface area contributed by atoms with Gasteiger partial charge in [-0.05, 0) is 38.1 Å². The molecule has 1 aliphatic heterocycles. The van der Waals surface area contributed by atoms with Crippen molar-refractivity contribution in [2.24, 2.45) is 0 Å².